The SMILES string of the molecule is CC(=O)N[C@H]1C(O)[C@H](O[C@@H]2OC(CO)[C@H](O)C(O)[C@@H]2O)C(CO)O[C@H]1O[C@@]1(O)C[C@H](O)[C@H](O[C@@H]2C(CO)OC(O)[C@@H](O)C2O)OC1CO. The van der Waals surface area contributed by atoms with Gasteiger partial charge >= 0.3 is 0 Å². The van der Waals surface area contributed by atoms with Crippen molar-refractivity contribution in [2.24, 2.45) is 0 Å². The standard InChI is InChI=1S/C26H45NO21/c1-7(32)27-13-15(35)20(47-25-19(39)16(36)14(34)9(3-28)43-25)11(5-30)44-24(13)48-26(41)2-8(33)23(45-12(26)6-31)46-21-10(4-29)42-22(40)18(38)17(21)37/h8-25,28-31,33-41H,2-6H2,1H3,(H,27,32)/t8-,9?,10?,11?,12?,13-,14-,15?,16?,17?,18-,19-,20+,21+,22?,23-,24-,25-,26-/m0/s1. The number of carbonyl (C=O) groups excluding carboxylic acids is 1. The maximum absolute atomic E-state index is 12.1. The molecular formula is C26H45NO21. The lowest BCUT2D eigenvalue weighted by Gasteiger charge is -2.51. The maximum Gasteiger partial charge on any atom is 0.217 e. The quantitative estimate of drug-likeness (QED) is 0.0886. The van der Waals surface area contributed by atoms with Crippen LogP contribution in [-0.2, 0) is 38.0 Å². The van der Waals surface area contributed by atoms with Crippen molar-refractivity contribution in [3.05, 3.63) is 0 Å². The Labute approximate surface area is 272 Å². The average molecular weight is 708 g/mol. The van der Waals surface area contributed by atoms with Gasteiger partial charge in [-0.2, -0.15) is 0 Å². The summed E-state index contributed by atoms with van der Waals surface area (Å²) < 4.78 is 38.3. The molecule has 0 aliphatic carbocycles. The molecule has 4 heterocycles. The van der Waals surface area contributed by atoms with Crippen LogP contribution in [0.1, 0.15) is 13.3 Å². The zero-order chi connectivity index (χ0) is 35.7. The molecule has 8 unspecified atom stereocenters. The highest BCUT2D eigenvalue weighted by Crippen LogP contribution is 2.37. The molecule has 0 aromatic heterocycles. The molecular weight excluding hydrogens is 662 g/mol. The van der Waals surface area contributed by atoms with Gasteiger partial charge < -0.3 is 105 Å². The van der Waals surface area contributed by atoms with Gasteiger partial charge in [-0.1, -0.05) is 0 Å². The monoisotopic (exact) mass is 707 g/mol. The van der Waals surface area contributed by atoms with E-state index in [1.165, 1.54) is 0 Å². The Kier molecular flexibility index (Phi) is 13.4. The van der Waals surface area contributed by atoms with Gasteiger partial charge in [-0.25, -0.2) is 0 Å². The highest BCUT2D eigenvalue weighted by molar-refractivity contribution is 5.73. The van der Waals surface area contributed by atoms with E-state index in [0.29, 0.717) is 0 Å². The number of hydrogen-bond acceptors (Lipinski definition) is 21. The largest absolute Gasteiger partial charge is 0.394 e. The van der Waals surface area contributed by atoms with E-state index in [1.807, 2.05) is 0 Å². The van der Waals surface area contributed by atoms with E-state index < -0.39 is 155 Å². The third-order valence-corrected chi connectivity index (χ3v) is 8.60. The van der Waals surface area contributed by atoms with E-state index in [0.717, 1.165) is 6.92 Å². The topological polar surface area (TPSA) is 357 Å². The third-order valence-electron chi connectivity index (χ3n) is 8.60. The van der Waals surface area contributed by atoms with E-state index in [-0.39, 0.29) is 0 Å². The van der Waals surface area contributed by atoms with E-state index in [2.05, 4.69) is 5.32 Å². The van der Waals surface area contributed by atoms with Gasteiger partial charge in [0.1, 0.15) is 85.4 Å². The van der Waals surface area contributed by atoms with Crippen molar-refractivity contribution in [2.45, 2.75) is 130 Å². The molecule has 0 saturated carbocycles. The van der Waals surface area contributed by atoms with Crippen LogP contribution in [-0.4, -0.2) is 215 Å². The van der Waals surface area contributed by atoms with Crippen LogP contribution < -0.4 is 5.32 Å². The molecule has 4 rings (SSSR count). The summed E-state index contributed by atoms with van der Waals surface area (Å²) in [5, 5.41) is 136. The van der Waals surface area contributed by atoms with Crippen molar-refractivity contribution >= 4 is 5.91 Å². The lowest BCUT2D eigenvalue weighted by atomic mass is 9.94. The predicted octanol–water partition coefficient (Wildman–Crippen LogP) is -9.26. The molecule has 0 aromatic rings. The van der Waals surface area contributed by atoms with Gasteiger partial charge in [0, 0.05) is 13.3 Å². The zero-order valence-corrected chi connectivity index (χ0v) is 25.5. The fourth-order valence-electron chi connectivity index (χ4n) is 5.97. The number of hydrogen-bond donors (Lipinski definition) is 14. The number of carbonyl (C=O) groups is 1. The van der Waals surface area contributed by atoms with Gasteiger partial charge in [0.25, 0.3) is 0 Å². The van der Waals surface area contributed by atoms with E-state index in [4.69, 9.17) is 33.2 Å². The van der Waals surface area contributed by atoms with Crippen molar-refractivity contribution in [3.8, 4) is 0 Å². The summed E-state index contributed by atoms with van der Waals surface area (Å²) in [6.45, 7) is -2.47. The van der Waals surface area contributed by atoms with Crippen molar-refractivity contribution in [1.82, 2.24) is 5.32 Å². The first kappa shape index (κ1) is 39.5. The maximum atomic E-state index is 12.1. The first-order valence-electron chi connectivity index (χ1n) is 15.1. The molecule has 14 N–H and O–H groups in total. The molecule has 280 valence electrons. The molecule has 1 amide bonds. The Hall–Kier alpha value is -1.33. The first-order valence-corrected chi connectivity index (χ1v) is 15.1. The molecule has 0 radical (unpaired) electrons. The molecule has 0 spiro atoms. The second kappa shape index (κ2) is 16.3. The lowest BCUT2D eigenvalue weighted by Crippen LogP contribution is -2.70. The second-order valence-electron chi connectivity index (χ2n) is 12.0. The van der Waals surface area contributed by atoms with Crippen LogP contribution in [0.3, 0.4) is 0 Å². The first-order chi connectivity index (χ1) is 22.6. The van der Waals surface area contributed by atoms with Crippen LogP contribution in [0, 0.1) is 0 Å². The highest BCUT2D eigenvalue weighted by Gasteiger charge is 2.57. The molecule has 19 atom stereocenters. The van der Waals surface area contributed by atoms with Crippen LogP contribution in [0.15, 0.2) is 0 Å². The number of nitrogens with one attached hydrogen (secondary N) is 1. The highest BCUT2D eigenvalue weighted by atomic mass is 16.8. The minimum Gasteiger partial charge on any atom is -0.394 e. The zero-order valence-electron chi connectivity index (χ0n) is 25.5. The number of aliphatic hydroxyl groups is 13. The molecule has 22 heteroatoms. The van der Waals surface area contributed by atoms with Crippen LogP contribution >= 0.6 is 0 Å². The van der Waals surface area contributed by atoms with Gasteiger partial charge in [0.2, 0.25) is 5.91 Å². The van der Waals surface area contributed by atoms with Crippen LogP contribution in [0.25, 0.3) is 0 Å². The molecule has 4 aliphatic rings. The van der Waals surface area contributed by atoms with Crippen molar-refractivity contribution in [3.63, 3.8) is 0 Å². The summed E-state index contributed by atoms with van der Waals surface area (Å²) in [6.07, 6.45) is -30.4. The summed E-state index contributed by atoms with van der Waals surface area (Å²) in [4.78, 5) is 12.1. The van der Waals surface area contributed by atoms with Crippen LogP contribution in [0.5, 0.6) is 0 Å². The van der Waals surface area contributed by atoms with Gasteiger partial charge in [0.05, 0.1) is 26.4 Å². The minimum atomic E-state index is -2.67. The smallest absolute Gasteiger partial charge is 0.217 e. The number of aliphatic hydroxyl groups excluding tert-OH is 12. The van der Waals surface area contributed by atoms with Gasteiger partial charge in [0.15, 0.2) is 30.9 Å². The van der Waals surface area contributed by atoms with Crippen molar-refractivity contribution in [1.29, 1.82) is 0 Å². The third kappa shape index (κ3) is 8.08. The normalized spacial score (nSPS) is 50.2. The van der Waals surface area contributed by atoms with E-state index in [1.54, 1.807) is 0 Å². The van der Waals surface area contributed by atoms with Crippen molar-refractivity contribution < 1.29 is 104 Å². The Bertz CT molecular complexity index is 1040. The molecule has 4 saturated heterocycles. The number of ether oxygens (including phenoxy) is 7. The number of amides is 1. The van der Waals surface area contributed by atoms with Crippen molar-refractivity contribution in [2.75, 3.05) is 26.4 Å². The molecule has 48 heavy (non-hydrogen) atoms. The summed E-state index contributed by atoms with van der Waals surface area (Å²) >= 11 is 0. The fraction of sp³-hybridized carbons (Fsp3) is 0.962. The van der Waals surface area contributed by atoms with E-state index in [9.17, 15) is 71.2 Å². The minimum absolute atomic E-state index is 0.761. The fourth-order valence-corrected chi connectivity index (χ4v) is 5.97. The van der Waals surface area contributed by atoms with Gasteiger partial charge in [-0.3, -0.25) is 4.79 Å². The van der Waals surface area contributed by atoms with Crippen LogP contribution in [0.4, 0.5) is 0 Å². The average Bonchev–Trinajstić information content (AvgIpc) is 3.04. The molecule has 22 nitrogen and oxygen atoms in total. The predicted molar refractivity (Wildman–Crippen MR) is 145 cm³/mol. The van der Waals surface area contributed by atoms with Gasteiger partial charge in [-0.05, 0) is 0 Å². The van der Waals surface area contributed by atoms with Crippen LogP contribution in [0.2, 0.25) is 0 Å². The Morgan fingerprint density at radius 1 is 0.667 bits per heavy atom. The summed E-state index contributed by atoms with van der Waals surface area (Å²) in [5.41, 5.74) is 0. The summed E-state index contributed by atoms with van der Waals surface area (Å²) in [6, 6.07) is -1.64. The second-order valence-corrected chi connectivity index (χ2v) is 12.0. The Morgan fingerprint density at radius 3 is 1.81 bits per heavy atom. The van der Waals surface area contributed by atoms with Gasteiger partial charge in [-0.15, -0.1) is 0 Å². The summed E-state index contributed by atoms with van der Waals surface area (Å²) in [7, 11) is 0. The van der Waals surface area contributed by atoms with E-state index >= 15 is 0 Å². The molecule has 0 bridgehead atoms. The molecule has 4 aliphatic heterocycles. The Morgan fingerprint density at radius 2 is 1.23 bits per heavy atom. The number of rotatable bonds is 11. The molecule has 4 fully saturated rings. The summed E-state index contributed by atoms with van der Waals surface area (Å²) in [5.74, 6) is -3.43. The molecule has 0 aromatic carbocycles. The lowest BCUT2D eigenvalue weighted by molar-refractivity contribution is -0.421. The Balaban J connectivity index is 1.51.